The second kappa shape index (κ2) is 11.9. The summed E-state index contributed by atoms with van der Waals surface area (Å²) in [6.45, 7) is 26.1. The summed E-state index contributed by atoms with van der Waals surface area (Å²) in [5, 5.41) is 11.0. The van der Waals surface area contributed by atoms with Crippen LogP contribution in [-0.4, -0.2) is 56.3 Å². The molecule has 0 aromatic rings. The number of carboxylic acid groups (broad SMARTS) is 1. The lowest BCUT2D eigenvalue weighted by molar-refractivity contribution is -0.224. The van der Waals surface area contributed by atoms with E-state index in [2.05, 4.69) is 82.2 Å². The third-order valence-electron chi connectivity index (χ3n) is 15.1. The van der Waals surface area contributed by atoms with E-state index in [1.54, 1.807) is 0 Å². The zero-order chi connectivity index (χ0) is 33.3. The first-order chi connectivity index (χ1) is 20.2. The molecule has 0 unspecified atom stereocenters. The van der Waals surface area contributed by atoms with E-state index < -0.39 is 11.5 Å². The minimum Gasteiger partial charge on any atom is -0.481 e. The van der Waals surface area contributed by atoms with Gasteiger partial charge < -0.3 is 25.1 Å². The number of rotatable bonds is 10. The standard InChI is InChI=1S/C38H67NO5/c1-23(2)25(5)34(8)18-19-35(9)26-14-15-29-33(6,7)31(44-21-37(11,39)24(3)4)28(43-13)20-38(29,22-42-12)27(26)16-17-36(35,10)30(34)32(40)41/h16,23-26,28-31H,14-15,17-22,39H2,1-13H3,(H,40,41)/t25-,26+,28-,29+,30-,31+,34-,35-,36+,37-,38+/m1/s1. The van der Waals surface area contributed by atoms with Crippen molar-refractivity contribution in [2.75, 3.05) is 27.4 Å². The molecule has 0 amide bonds. The molecule has 4 rings (SSSR count). The van der Waals surface area contributed by atoms with Gasteiger partial charge in [-0.2, -0.15) is 0 Å². The molecule has 6 nitrogen and oxygen atoms in total. The number of carbonyl (C=O) groups is 1. The molecule has 6 heteroatoms. The fraction of sp³-hybridized carbons (Fsp3) is 0.921. The van der Waals surface area contributed by atoms with E-state index in [1.165, 1.54) is 5.57 Å². The molecule has 0 saturated heterocycles. The summed E-state index contributed by atoms with van der Waals surface area (Å²) in [4.78, 5) is 13.4. The van der Waals surface area contributed by atoms with Crippen LogP contribution in [0.15, 0.2) is 11.6 Å². The third-order valence-corrected chi connectivity index (χ3v) is 15.1. The highest BCUT2D eigenvalue weighted by molar-refractivity contribution is 5.73. The van der Waals surface area contributed by atoms with Gasteiger partial charge in [0.05, 0.1) is 31.3 Å². The van der Waals surface area contributed by atoms with Crippen LogP contribution in [0.2, 0.25) is 0 Å². The number of fused-ring (bicyclic) bond motifs is 5. The number of carboxylic acids is 1. The Hall–Kier alpha value is -0.950. The number of hydrogen-bond donors (Lipinski definition) is 2. The van der Waals surface area contributed by atoms with Crippen molar-refractivity contribution in [1.82, 2.24) is 0 Å². The van der Waals surface area contributed by atoms with Crippen LogP contribution in [0.3, 0.4) is 0 Å². The largest absolute Gasteiger partial charge is 0.481 e. The molecule has 4 aliphatic rings. The summed E-state index contributed by atoms with van der Waals surface area (Å²) in [5.74, 6) is 0.748. The van der Waals surface area contributed by atoms with Gasteiger partial charge in [0.15, 0.2) is 0 Å². The highest BCUT2D eigenvalue weighted by atomic mass is 16.5. The first-order valence-corrected chi connectivity index (χ1v) is 17.6. The summed E-state index contributed by atoms with van der Waals surface area (Å²) in [6, 6.07) is 0. The Bertz CT molecular complexity index is 1100. The van der Waals surface area contributed by atoms with Gasteiger partial charge in [-0.25, -0.2) is 0 Å². The lowest BCUT2D eigenvalue weighted by Gasteiger charge is -2.70. The van der Waals surface area contributed by atoms with Gasteiger partial charge in [0.1, 0.15) is 0 Å². The van der Waals surface area contributed by atoms with E-state index in [1.807, 2.05) is 14.2 Å². The average molecular weight is 618 g/mol. The summed E-state index contributed by atoms with van der Waals surface area (Å²) in [7, 11) is 3.66. The van der Waals surface area contributed by atoms with Gasteiger partial charge in [-0.05, 0) is 96.7 Å². The Morgan fingerprint density at radius 1 is 1.05 bits per heavy atom. The molecule has 0 radical (unpaired) electrons. The molecule has 0 bridgehead atoms. The van der Waals surface area contributed by atoms with Crippen LogP contribution in [0, 0.1) is 62.6 Å². The van der Waals surface area contributed by atoms with Crippen LogP contribution in [0.25, 0.3) is 0 Å². The predicted octanol–water partition coefficient (Wildman–Crippen LogP) is 7.98. The number of hydrogen-bond acceptors (Lipinski definition) is 5. The van der Waals surface area contributed by atoms with E-state index in [-0.39, 0.29) is 45.2 Å². The SMILES string of the molecule is COC[C@]12C[C@@H](OC)[C@H](OC[C@@](C)(N)C(C)C)C(C)(C)[C@@H]1CC[C@H]1C2=CC[C@@]2(C)[C@H](C(=O)O)[C@@](C)([C@H](C)C(C)C)CC[C@]12C. The van der Waals surface area contributed by atoms with Gasteiger partial charge in [0.25, 0.3) is 0 Å². The van der Waals surface area contributed by atoms with Crippen LogP contribution in [0.5, 0.6) is 0 Å². The maximum absolute atomic E-state index is 13.4. The molecule has 0 heterocycles. The molecule has 0 spiro atoms. The average Bonchev–Trinajstić information content (AvgIpc) is 2.92. The van der Waals surface area contributed by atoms with Crippen molar-refractivity contribution in [3.05, 3.63) is 11.6 Å². The van der Waals surface area contributed by atoms with E-state index in [4.69, 9.17) is 19.9 Å². The first-order valence-electron chi connectivity index (χ1n) is 17.6. The van der Waals surface area contributed by atoms with Crippen molar-refractivity contribution in [3.63, 3.8) is 0 Å². The molecule has 0 aliphatic heterocycles. The van der Waals surface area contributed by atoms with Crippen LogP contribution in [0.4, 0.5) is 0 Å². The van der Waals surface area contributed by atoms with Crippen molar-refractivity contribution in [1.29, 1.82) is 0 Å². The summed E-state index contributed by atoms with van der Waals surface area (Å²) < 4.78 is 19.3. The minimum absolute atomic E-state index is 0.0741. The monoisotopic (exact) mass is 618 g/mol. The topological polar surface area (TPSA) is 91.0 Å². The van der Waals surface area contributed by atoms with Crippen LogP contribution in [-0.2, 0) is 19.0 Å². The Balaban J connectivity index is 1.80. The second-order valence-corrected chi connectivity index (χ2v) is 18.0. The number of aliphatic carboxylic acids is 1. The highest BCUT2D eigenvalue weighted by Gasteiger charge is 2.70. The molecule has 0 aromatic heterocycles. The van der Waals surface area contributed by atoms with E-state index >= 15 is 0 Å². The third kappa shape index (κ3) is 5.15. The van der Waals surface area contributed by atoms with E-state index in [0.29, 0.717) is 42.8 Å². The van der Waals surface area contributed by atoms with Gasteiger partial charge in [-0.15, -0.1) is 0 Å². The van der Waals surface area contributed by atoms with E-state index in [0.717, 1.165) is 38.5 Å². The van der Waals surface area contributed by atoms with Gasteiger partial charge >= 0.3 is 5.97 Å². The summed E-state index contributed by atoms with van der Waals surface area (Å²) in [5.41, 5.74) is 6.75. The molecule has 4 aliphatic carbocycles. The maximum atomic E-state index is 13.4. The zero-order valence-electron chi connectivity index (χ0n) is 30.5. The van der Waals surface area contributed by atoms with Crippen LogP contribution < -0.4 is 5.73 Å². The number of ether oxygens (including phenoxy) is 3. The van der Waals surface area contributed by atoms with Gasteiger partial charge in [-0.1, -0.05) is 80.9 Å². The fourth-order valence-electron chi connectivity index (χ4n) is 11.3. The quantitative estimate of drug-likeness (QED) is 0.242. The summed E-state index contributed by atoms with van der Waals surface area (Å²) >= 11 is 0. The zero-order valence-corrected chi connectivity index (χ0v) is 30.5. The van der Waals surface area contributed by atoms with Crippen molar-refractivity contribution in [3.8, 4) is 0 Å². The lowest BCUT2D eigenvalue weighted by atomic mass is 9.34. The molecule has 3 N–H and O–H groups in total. The first kappa shape index (κ1) is 35.9. The van der Waals surface area contributed by atoms with Crippen molar-refractivity contribution >= 4 is 5.97 Å². The molecule has 254 valence electrons. The van der Waals surface area contributed by atoms with Crippen LogP contribution in [0.1, 0.15) is 115 Å². The molecule has 0 aromatic carbocycles. The molecular weight excluding hydrogens is 550 g/mol. The molecule has 3 fully saturated rings. The van der Waals surface area contributed by atoms with E-state index in [9.17, 15) is 9.90 Å². The minimum atomic E-state index is -0.614. The normalized spacial score (nSPS) is 43.8. The van der Waals surface area contributed by atoms with Crippen molar-refractivity contribution < 1.29 is 24.1 Å². The number of nitrogens with two attached hydrogens (primary N) is 1. The van der Waals surface area contributed by atoms with Gasteiger partial charge in [0, 0.05) is 25.2 Å². The Labute approximate surface area is 269 Å². The van der Waals surface area contributed by atoms with Crippen molar-refractivity contribution in [2.45, 2.75) is 132 Å². The fourth-order valence-corrected chi connectivity index (χ4v) is 11.3. The molecule has 44 heavy (non-hydrogen) atoms. The number of allylic oxidation sites excluding steroid dienone is 1. The van der Waals surface area contributed by atoms with Gasteiger partial charge in [-0.3, -0.25) is 4.79 Å². The molecule has 11 atom stereocenters. The Kier molecular flexibility index (Phi) is 9.74. The van der Waals surface area contributed by atoms with Gasteiger partial charge in [0.2, 0.25) is 0 Å². The van der Waals surface area contributed by atoms with Crippen LogP contribution >= 0.6 is 0 Å². The summed E-state index contributed by atoms with van der Waals surface area (Å²) in [6.07, 6.45) is 8.14. The maximum Gasteiger partial charge on any atom is 0.307 e. The predicted molar refractivity (Wildman–Crippen MR) is 178 cm³/mol. The highest BCUT2D eigenvalue weighted by Crippen LogP contribution is 2.74. The molecular formula is C38H67NO5. The Morgan fingerprint density at radius 3 is 2.20 bits per heavy atom. The number of methoxy groups -OCH3 is 2. The smallest absolute Gasteiger partial charge is 0.307 e. The Morgan fingerprint density at radius 2 is 1.68 bits per heavy atom. The lowest BCUT2D eigenvalue weighted by Crippen LogP contribution is -2.67. The molecule has 3 saturated carbocycles. The van der Waals surface area contributed by atoms with Crippen molar-refractivity contribution in [2.24, 2.45) is 68.3 Å². The second-order valence-electron chi connectivity index (χ2n) is 18.0.